The van der Waals surface area contributed by atoms with Gasteiger partial charge in [0, 0.05) is 11.8 Å². The lowest BCUT2D eigenvalue weighted by molar-refractivity contribution is 0.0953. The number of rotatable bonds is 4. The summed E-state index contributed by atoms with van der Waals surface area (Å²) in [6, 6.07) is 21.7. The summed E-state index contributed by atoms with van der Waals surface area (Å²) in [5.74, 6) is 4.89. The van der Waals surface area contributed by atoms with Crippen molar-refractivity contribution in [2.24, 2.45) is 5.84 Å². The summed E-state index contributed by atoms with van der Waals surface area (Å²) in [6.07, 6.45) is 1.17. The Morgan fingerprint density at radius 2 is 1.35 bits per heavy atom. The standard InChI is InChI=1S/C20H18N2O3S/c1-26(24,25)19-9-7-15(8-10-19)17-11-16(14-5-3-2-4-6-14)12-18(13-17)20(23)22-21/h2-13H,21H2,1H3,(H,22,23). The molecule has 3 aromatic rings. The van der Waals surface area contributed by atoms with Crippen molar-refractivity contribution in [1.82, 2.24) is 5.43 Å². The van der Waals surface area contributed by atoms with E-state index in [9.17, 15) is 13.2 Å². The first kappa shape index (κ1) is 17.8. The third-order valence-electron chi connectivity index (χ3n) is 4.05. The molecule has 132 valence electrons. The number of carbonyl (C=O) groups excluding carboxylic acids is 1. The smallest absolute Gasteiger partial charge is 0.265 e. The minimum Gasteiger partial charge on any atom is -0.290 e. The van der Waals surface area contributed by atoms with Crippen molar-refractivity contribution >= 4 is 15.7 Å². The molecule has 26 heavy (non-hydrogen) atoms. The number of sulfone groups is 1. The minimum atomic E-state index is -3.26. The van der Waals surface area contributed by atoms with Gasteiger partial charge in [0.05, 0.1) is 4.90 Å². The molecule has 0 spiro atoms. The number of nitrogens with two attached hydrogens (primary N) is 1. The molecular formula is C20H18N2O3S. The number of amides is 1. The van der Waals surface area contributed by atoms with Crippen LogP contribution in [-0.4, -0.2) is 20.6 Å². The lowest BCUT2D eigenvalue weighted by Crippen LogP contribution is -2.30. The van der Waals surface area contributed by atoms with E-state index in [0.717, 1.165) is 22.3 Å². The van der Waals surface area contributed by atoms with Crippen LogP contribution in [0.1, 0.15) is 10.4 Å². The van der Waals surface area contributed by atoms with Crippen molar-refractivity contribution in [2.75, 3.05) is 6.26 Å². The molecule has 0 radical (unpaired) electrons. The summed E-state index contributed by atoms with van der Waals surface area (Å²) in [5.41, 5.74) is 6.01. The van der Waals surface area contributed by atoms with Gasteiger partial charge in [-0.2, -0.15) is 0 Å². The van der Waals surface area contributed by atoms with Crippen molar-refractivity contribution in [2.45, 2.75) is 4.90 Å². The van der Waals surface area contributed by atoms with Crippen molar-refractivity contribution < 1.29 is 13.2 Å². The van der Waals surface area contributed by atoms with Crippen LogP contribution in [0.2, 0.25) is 0 Å². The van der Waals surface area contributed by atoms with Gasteiger partial charge in [-0.05, 0) is 52.6 Å². The van der Waals surface area contributed by atoms with Crippen LogP contribution in [0.5, 0.6) is 0 Å². The fourth-order valence-electron chi connectivity index (χ4n) is 2.70. The SMILES string of the molecule is CS(=O)(=O)c1ccc(-c2cc(C(=O)NN)cc(-c3ccccc3)c2)cc1. The summed E-state index contributed by atoms with van der Waals surface area (Å²) >= 11 is 0. The third-order valence-corrected chi connectivity index (χ3v) is 5.18. The largest absolute Gasteiger partial charge is 0.290 e. The normalized spacial score (nSPS) is 11.2. The number of carbonyl (C=O) groups is 1. The molecule has 0 aliphatic heterocycles. The highest BCUT2D eigenvalue weighted by atomic mass is 32.2. The molecule has 5 nitrogen and oxygen atoms in total. The molecule has 3 aromatic carbocycles. The van der Waals surface area contributed by atoms with Crippen LogP contribution in [0, 0.1) is 0 Å². The van der Waals surface area contributed by atoms with Gasteiger partial charge in [0.1, 0.15) is 0 Å². The molecule has 6 heteroatoms. The molecule has 0 unspecified atom stereocenters. The van der Waals surface area contributed by atoms with Crippen LogP contribution in [0.15, 0.2) is 77.7 Å². The Labute approximate surface area is 152 Å². The van der Waals surface area contributed by atoms with E-state index in [-0.39, 0.29) is 4.90 Å². The van der Waals surface area contributed by atoms with Gasteiger partial charge in [-0.25, -0.2) is 14.3 Å². The lowest BCUT2D eigenvalue weighted by atomic mass is 9.96. The first-order valence-corrected chi connectivity index (χ1v) is 9.79. The Hall–Kier alpha value is -2.96. The topological polar surface area (TPSA) is 89.3 Å². The second-order valence-corrected chi connectivity index (χ2v) is 7.95. The van der Waals surface area contributed by atoms with E-state index in [0.29, 0.717) is 5.56 Å². The predicted molar refractivity (Wildman–Crippen MR) is 102 cm³/mol. The van der Waals surface area contributed by atoms with Crippen LogP contribution in [0.25, 0.3) is 22.3 Å². The zero-order chi connectivity index (χ0) is 18.7. The number of nitrogens with one attached hydrogen (secondary N) is 1. The van der Waals surface area contributed by atoms with E-state index < -0.39 is 15.7 Å². The quantitative estimate of drug-likeness (QED) is 0.422. The Balaban J connectivity index is 2.13. The van der Waals surface area contributed by atoms with E-state index in [1.807, 2.05) is 36.4 Å². The maximum atomic E-state index is 12.1. The first-order chi connectivity index (χ1) is 12.4. The molecule has 0 saturated heterocycles. The van der Waals surface area contributed by atoms with Crippen molar-refractivity contribution in [3.8, 4) is 22.3 Å². The monoisotopic (exact) mass is 366 g/mol. The average Bonchev–Trinajstić information content (AvgIpc) is 2.67. The molecule has 0 bridgehead atoms. The van der Waals surface area contributed by atoms with Crippen molar-refractivity contribution in [3.05, 3.63) is 78.4 Å². The Bertz CT molecular complexity index is 1040. The molecule has 0 aromatic heterocycles. The van der Waals surface area contributed by atoms with Crippen molar-refractivity contribution in [3.63, 3.8) is 0 Å². The Kier molecular flexibility index (Phi) is 4.88. The minimum absolute atomic E-state index is 0.250. The molecule has 0 saturated carbocycles. The van der Waals surface area contributed by atoms with E-state index in [2.05, 4.69) is 5.43 Å². The number of benzene rings is 3. The molecule has 3 rings (SSSR count). The fourth-order valence-corrected chi connectivity index (χ4v) is 3.33. The van der Waals surface area contributed by atoms with E-state index in [1.54, 1.807) is 36.4 Å². The zero-order valence-corrected chi connectivity index (χ0v) is 15.0. The molecule has 0 atom stereocenters. The van der Waals surface area contributed by atoms with Gasteiger partial charge >= 0.3 is 0 Å². The number of hydrogen-bond donors (Lipinski definition) is 2. The summed E-state index contributed by atoms with van der Waals surface area (Å²) in [5, 5.41) is 0. The maximum Gasteiger partial charge on any atom is 0.265 e. The van der Waals surface area contributed by atoms with Gasteiger partial charge in [0.2, 0.25) is 0 Å². The third kappa shape index (κ3) is 3.82. The van der Waals surface area contributed by atoms with Gasteiger partial charge in [-0.1, -0.05) is 42.5 Å². The van der Waals surface area contributed by atoms with Crippen LogP contribution in [0.4, 0.5) is 0 Å². The van der Waals surface area contributed by atoms with Gasteiger partial charge in [-0.15, -0.1) is 0 Å². The van der Waals surface area contributed by atoms with E-state index in [1.165, 1.54) is 6.26 Å². The van der Waals surface area contributed by atoms with Gasteiger partial charge in [-0.3, -0.25) is 10.2 Å². The van der Waals surface area contributed by atoms with Crippen molar-refractivity contribution in [1.29, 1.82) is 0 Å². The van der Waals surface area contributed by atoms with Gasteiger partial charge in [0.15, 0.2) is 9.84 Å². The molecule has 0 heterocycles. The Morgan fingerprint density at radius 3 is 1.85 bits per heavy atom. The highest BCUT2D eigenvalue weighted by molar-refractivity contribution is 7.90. The highest BCUT2D eigenvalue weighted by Gasteiger charge is 2.11. The van der Waals surface area contributed by atoms with E-state index >= 15 is 0 Å². The van der Waals surface area contributed by atoms with Crippen LogP contribution in [0.3, 0.4) is 0 Å². The van der Waals surface area contributed by atoms with Gasteiger partial charge in [0.25, 0.3) is 5.91 Å². The fraction of sp³-hybridized carbons (Fsp3) is 0.0500. The molecular weight excluding hydrogens is 348 g/mol. The summed E-state index contributed by atoms with van der Waals surface area (Å²) in [4.78, 5) is 12.3. The number of hydrogen-bond acceptors (Lipinski definition) is 4. The van der Waals surface area contributed by atoms with Crippen LogP contribution < -0.4 is 11.3 Å². The van der Waals surface area contributed by atoms with Gasteiger partial charge < -0.3 is 0 Å². The molecule has 1 amide bonds. The second-order valence-electron chi connectivity index (χ2n) is 5.94. The maximum absolute atomic E-state index is 12.1. The number of hydrazine groups is 1. The van der Waals surface area contributed by atoms with Crippen LogP contribution >= 0.6 is 0 Å². The summed E-state index contributed by atoms with van der Waals surface area (Å²) in [6.45, 7) is 0. The highest BCUT2D eigenvalue weighted by Crippen LogP contribution is 2.29. The second kappa shape index (κ2) is 7.11. The molecule has 3 N–H and O–H groups in total. The predicted octanol–water partition coefficient (Wildman–Crippen LogP) is 3.03. The number of nitrogen functional groups attached to an aromatic ring is 1. The first-order valence-electron chi connectivity index (χ1n) is 7.90. The van der Waals surface area contributed by atoms with Crippen LogP contribution in [-0.2, 0) is 9.84 Å². The molecule has 0 fully saturated rings. The summed E-state index contributed by atoms with van der Waals surface area (Å²) < 4.78 is 23.3. The summed E-state index contributed by atoms with van der Waals surface area (Å²) in [7, 11) is -3.26. The Morgan fingerprint density at radius 1 is 0.808 bits per heavy atom. The van der Waals surface area contributed by atoms with E-state index in [4.69, 9.17) is 5.84 Å². The lowest BCUT2D eigenvalue weighted by Gasteiger charge is -2.10. The average molecular weight is 366 g/mol. The zero-order valence-electron chi connectivity index (χ0n) is 14.1. The molecule has 0 aliphatic carbocycles. The molecule has 0 aliphatic rings.